The maximum absolute atomic E-state index is 14.5. The smallest absolute Gasteiger partial charge is 0.264 e. The van der Waals surface area contributed by atoms with Crippen molar-refractivity contribution in [3.05, 3.63) is 130 Å². The van der Waals surface area contributed by atoms with Crippen LogP contribution in [0, 0.1) is 6.92 Å². The summed E-state index contributed by atoms with van der Waals surface area (Å²) in [5.74, 6) is -0.901. The van der Waals surface area contributed by atoms with Gasteiger partial charge in [-0.15, -0.1) is 0 Å². The molecule has 10 heteroatoms. The van der Waals surface area contributed by atoms with E-state index in [2.05, 4.69) is 5.32 Å². The standard InChI is InChI=1S/C35H37Cl2N3O4S/c1-4-26(3)38-35(42)33(22-27-10-6-5-7-11-27)39(23-28-16-18-29(36)19-17-28)34(41)24-40(32-13-9-8-12-31(32)37)45(43,44)30-20-14-25(2)15-21-30/h5-21,26,33H,4,22-24H2,1-3H3,(H,38,42)/t26-,33+/m0/s1. The molecule has 0 radical (unpaired) electrons. The van der Waals surface area contributed by atoms with Crippen LogP contribution in [0.2, 0.25) is 10.0 Å². The predicted octanol–water partition coefficient (Wildman–Crippen LogP) is 7.05. The molecule has 0 aliphatic rings. The van der Waals surface area contributed by atoms with Gasteiger partial charge in [0.1, 0.15) is 12.6 Å². The van der Waals surface area contributed by atoms with Crippen LogP contribution in [-0.4, -0.2) is 43.8 Å². The van der Waals surface area contributed by atoms with Crippen molar-refractivity contribution < 1.29 is 18.0 Å². The second-order valence-electron chi connectivity index (χ2n) is 10.9. The molecule has 236 valence electrons. The highest BCUT2D eigenvalue weighted by Gasteiger charge is 2.35. The van der Waals surface area contributed by atoms with Crippen molar-refractivity contribution in [2.75, 3.05) is 10.8 Å². The van der Waals surface area contributed by atoms with Crippen LogP contribution in [0.25, 0.3) is 0 Å². The fourth-order valence-electron chi connectivity index (χ4n) is 4.79. The molecule has 2 amide bonds. The first-order valence-electron chi connectivity index (χ1n) is 14.7. The van der Waals surface area contributed by atoms with Gasteiger partial charge in [0.2, 0.25) is 11.8 Å². The Morgan fingerprint density at radius 1 is 0.822 bits per heavy atom. The van der Waals surface area contributed by atoms with Gasteiger partial charge in [-0.1, -0.05) is 102 Å². The first-order valence-corrected chi connectivity index (χ1v) is 16.9. The number of anilines is 1. The molecule has 1 N–H and O–H groups in total. The number of sulfonamides is 1. The maximum Gasteiger partial charge on any atom is 0.264 e. The van der Waals surface area contributed by atoms with Crippen LogP contribution in [0.4, 0.5) is 5.69 Å². The molecule has 45 heavy (non-hydrogen) atoms. The van der Waals surface area contributed by atoms with E-state index in [1.165, 1.54) is 17.0 Å². The number of aryl methyl sites for hydroxylation is 1. The van der Waals surface area contributed by atoms with Crippen LogP contribution >= 0.6 is 23.2 Å². The van der Waals surface area contributed by atoms with Gasteiger partial charge in [0.15, 0.2) is 0 Å². The van der Waals surface area contributed by atoms with Gasteiger partial charge in [-0.05, 0) is 67.8 Å². The second kappa shape index (κ2) is 15.4. The number of para-hydroxylation sites is 1. The zero-order chi connectivity index (χ0) is 32.6. The quantitative estimate of drug-likeness (QED) is 0.166. The maximum atomic E-state index is 14.5. The fraction of sp³-hybridized carbons (Fsp3) is 0.257. The summed E-state index contributed by atoms with van der Waals surface area (Å²) in [5.41, 5.74) is 2.63. The summed E-state index contributed by atoms with van der Waals surface area (Å²) in [6.45, 7) is 5.18. The van der Waals surface area contributed by atoms with Crippen LogP contribution in [0.1, 0.15) is 37.0 Å². The zero-order valence-electron chi connectivity index (χ0n) is 25.5. The Kier molecular flexibility index (Phi) is 11.7. The van der Waals surface area contributed by atoms with Crippen LogP contribution < -0.4 is 9.62 Å². The van der Waals surface area contributed by atoms with Crippen molar-refractivity contribution in [3.8, 4) is 0 Å². The third kappa shape index (κ3) is 8.87. The molecule has 0 saturated heterocycles. The van der Waals surface area contributed by atoms with Gasteiger partial charge >= 0.3 is 0 Å². The number of amides is 2. The molecule has 0 saturated carbocycles. The van der Waals surface area contributed by atoms with E-state index in [1.807, 2.05) is 51.1 Å². The zero-order valence-corrected chi connectivity index (χ0v) is 27.8. The molecule has 4 aromatic rings. The monoisotopic (exact) mass is 665 g/mol. The van der Waals surface area contributed by atoms with E-state index >= 15 is 0 Å². The minimum Gasteiger partial charge on any atom is -0.352 e. The van der Waals surface area contributed by atoms with Gasteiger partial charge in [-0.3, -0.25) is 13.9 Å². The molecular weight excluding hydrogens is 629 g/mol. The summed E-state index contributed by atoms with van der Waals surface area (Å²) in [7, 11) is -4.24. The predicted molar refractivity (Wildman–Crippen MR) is 181 cm³/mol. The summed E-state index contributed by atoms with van der Waals surface area (Å²) in [5, 5.41) is 3.72. The Labute approximate surface area is 275 Å². The Morgan fingerprint density at radius 3 is 2.07 bits per heavy atom. The first kappa shape index (κ1) is 34.0. The van der Waals surface area contributed by atoms with Gasteiger partial charge in [0.05, 0.1) is 15.6 Å². The topological polar surface area (TPSA) is 86.8 Å². The van der Waals surface area contributed by atoms with Crippen LogP contribution in [0.15, 0.2) is 108 Å². The number of halogens is 2. The number of nitrogens with one attached hydrogen (secondary N) is 1. The average molecular weight is 667 g/mol. The molecule has 0 bridgehead atoms. The molecule has 0 aliphatic heterocycles. The van der Waals surface area contributed by atoms with Crippen molar-refractivity contribution in [2.24, 2.45) is 0 Å². The van der Waals surface area contributed by atoms with Crippen molar-refractivity contribution >= 4 is 50.7 Å². The second-order valence-corrected chi connectivity index (χ2v) is 13.7. The molecule has 0 aliphatic carbocycles. The highest BCUT2D eigenvalue weighted by Crippen LogP contribution is 2.31. The molecule has 2 atom stereocenters. The Morgan fingerprint density at radius 2 is 1.44 bits per heavy atom. The average Bonchev–Trinajstić information content (AvgIpc) is 3.03. The first-order chi connectivity index (χ1) is 21.5. The summed E-state index contributed by atoms with van der Waals surface area (Å²) < 4.78 is 29.3. The van der Waals surface area contributed by atoms with Gasteiger partial charge < -0.3 is 10.2 Å². The van der Waals surface area contributed by atoms with Crippen molar-refractivity contribution in [1.82, 2.24) is 10.2 Å². The summed E-state index contributed by atoms with van der Waals surface area (Å²) in [4.78, 5) is 29.9. The number of carbonyl (C=O) groups is 2. The van der Waals surface area contributed by atoms with E-state index in [0.29, 0.717) is 11.4 Å². The number of carbonyl (C=O) groups excluding carboxylic acids is 2. The molecule has 0 spiro atoms. The molecule has 7 nitrogen and oxygen atoms in total. The minimum absolute atomic E-state index is 0.0143. The SMILES string of the molecule is CC[C@H](C)NC(=O)[C@@H](Cc1ccccc1)N(Cc1ccc(Cl)cc1)C(=O)CN(c1ccccc1Cl)S(=O)(=O)c1ccc(C)cc1. The van der Waals surface area contributed by atoms with E-state index in [4.69, 9.17) is 23.2 Å². The highest BCUT2D eigenvalue weighted by molar-refractivity contribution is 7.92. The van der Waals surface area contributed by atoms with E-state index in [-0.39, 0.29) is 40.5 Å². The van der Waals surface area contributed by atoms with E-state index in [0.717, 1.165) is 21.0 Å². The third-order valence-corrected chi connectivity index (χ3v) is 9.89. The lowest BCUT2D eigenvalue weighted by atomic mass is 10.0. The molecule has 0 aromatic heterocycles. The Hall–Kier alpha value is -3.85. The van der Waals surface area contributed by atoms with Gasteiger partial charge in [0, 0.05) is 24.0 Å². The molecule has 4 rings (SSSR count). The number of benzene rings is 4. The molecule has 4 aromatic carbocycles. The molecule has 0 unspecified atom stereocenters. The van der Waals surface area contributed by atoms with E-state index in [9.17, 15) is 18.0 Å². The highest BCUT2D eigenvalue weighted by atomic mass is 35.5. The Balaban J connectivity index is 1.81. The number of hydrogen-bond acceptors (Lipinski definition) is 4. The van der Waals surface area contributed by atoms with E-state index < -0.39 is 28.5 Å². The van der Waals surface area contributed by atoms with Crippen LogP contribution in [0.3, 0.4) is 0 Å². The fourth-order valence-corrected chi connectivity index (χ4v) is 6.63. The summed E-state index contributed by atoms with van der Waals surface area (Å²) in [6.07, 6.45) is 0.920. The lowest BCUT2D eigenvalue weighted by Crippen LogP contribution is -2.54. The lowest BCUT2D eigenvalue weighted by molar-refractivity contribution is -0.140. The molecular formula is C35H37Cl2N3O4S. The van der Waals surface area contributed by atoms with Crippen LogP contribution in [0.5, 0.6) is 0 Å². The van der Waals surface area contributed by atoms with Crippen molar-refractivity contribution in [3.63, 3.8) is 0 Å². The van der Waals surface area contributed by atoms with Gasteiger partial charge in [-0.25, -0.2) is 8.42 Å². The normalized spacial score (nSPS) is 12.6. The molecule has 0 fully saturated rings. The summed E-state index contributed by atoms with van der Waals surface area (Å²) in [6, 6.07) is 28.2. The molecule has 0 heterocycles. The van der Waals surface area contributed by atoms with Crippen molar-refractivity contribution in [1.29, 1.82) is 0 Å². The largest absolute Gasteiger partial charge is 0.352 e. The number of nitrogens with zero attached hydrogens (tertiary/aromatic N) is 2. The Bertz CT molecular complexity index is 1700. The third-order valence-electron chi connectivity index (χ3n) is 7.55. The van der Waals surface area contributed by atoms with Crippen LogP contribution in [-0.2, 0) is 32.6 Å². The summed E-state index contributed by atoms with van der Waals surface area (Å²) >= 11 is 12.7. The minimum atomic E-state index is -4.24. The van der Waals surface area contributed by atoms with Gasteiger partial charge in [0.25, 0.3) is 10.0 Å². The van der Waals surface area contributed by atoms with Gasteiger partial charge in [-0.2, -0.15) is 0 Å². The lowest BCUT2D eigenvalue weighted by Gasteiger charge is -2.34. The van der Waals surface area contributed by atoms with Crippen molar-refractivity contribution in [2.45, 2.75) is 57.1 Å². The van der Waals surface area contributed by atoms with E-state index in [1.54, 1.807) is 60.7 Å². The number of hydrogen-bond donors (Lipinski definition) is 1. The number of rotatable bonds is 13.